The van der Waals surface area contributed by atoms with E-state index in [9.17, 15) is 0 Å². The number of methoxy groups -OCH3 is 2. The van der Waals surface area contributed by atoms with Crippen molar-refractivity contribution >= 4 is 0 Å². The van der Waals surface area contributed by atoms with E-state index in [4.69, 9.17) is 15.2 Å². The van der Waals surface area contributed by atoms with E-state index in [1.165, 1.54) is 5.56 Å². The predicted molar refractivity (Wildman–Crippen MR) is 81.0 cm³/mol. The lowest BCUT2D eigenvalue weighted by molar-refractivity contribution is 0.0103. The van der Waals surface area contributed by atoms with Gasteiger partial charge >= 0.3 is 0 Å². The summed E-state index contributed by atoms with van der Waals surface area (Å²) in [5.74, 6) is 0.883. The van der Waals surface area contributed by atoms with Crippen molar-refractivity contribution in [2.75, 3.05) is 27.3 Å². The average molecular weight is 278 g/mol. The molecule has 4 nitrogen and oxygen atoms in total. The lowest BCUT2D eigenvalue weighted by atomic mass is 9.96. The summed E-state index contributed by atoms with van der Waals surface area (Å²) in [6.45, 7) is 4.09. The summed E-state index contributed by atoms with van der Waals surface area (Å²) in [5.41, 5.74) is 7.47. The van der Waals surface area contributed by atoms with Crippen molar-refractivity contribution in [2.24, 2.45) is 5.73 Å². The summed E-state index contributed by atoms with van der Waals surface area (Å²) >= 11 is 0. The first-order valence-corrected chi connectivity index (χ1v) is 7.32. The Labute approximate surface area is 121 Å². The van der Waals surface area contributed by atoms with E-state index in [1.54, 1.807) is 14.2 Å². The Hall–Kier alpha value is -1.10. The summed E-state index contributed by atoms with van der Waals surface area (Å²) in [7, 11) is 3.49. The third-order valence-corrected chi connectivity index (χ3v) is 4.07. The van der Waals surface area contributed by atoms with E-state index in [-0.39, 0.29) is 12.1 Å². The first kappa shape index (κ1) is 15.3. The first-order valence-electron chi connectivity index (χ1n) is 7.32. The fourth-order valence-electron chi connectivity index (χ4n) is 3.08. The molecule has 1 aromatic carbocycles. The maximum Gasteiger partial charge on any atom is 0.119 e. The Morgan fingerprint density at radius 1 is 1.35 bits per heavy atom. The van der Waals surface area contributed by atoms with Gasteiger partial charge in [0, 0.05) is 25.7 Å². The molecule has 0 bridgehead atoms. The highest BCUT2D eigenvalue weighted by Gasteiger charge is 2.29. The second kappa shape index (κ2) is 7.07. The topological polar surface area (TPSA) is 47.7 Å². The molecule has 1 heterocycles. The molecule has 2 N–H and O–H groups in total. The molecule has 0 aliphatic carbocycles. The maximum atomic E-state index is 6.25. The van der Waals surface area contributed by atoms with Crippen LogP contribution in [0, 0.1) is 0 Å². The van der Waals surface area contributed by atoms with Crippen molar-refractivity contribution in [3.8, 4) is 5.75 Å². The number of nitrogens with zero attached hydrogens (tertiary/aromatic N) is 1. The maximum absolute atomic E-state index is 6.25. The normalized spacial score (nSPS) is 23.3. The van der Waals surface area contributed by atoms with Gasteiger partial charge < -0.3 is 15.2 Å². The van der Waals surface area contributed by atoms with Crippen LogP contribution in [-0.2, 0) is 4.74 Å². The van der Waals surface area contributed by atoms with Crippen molar-refractivity contribution < 1.29 is 9.47 Å². The molecule has 0 saturated carbocycles. The molecule has 20 heavy (non-hydrogen) atoms. The Morgan fingerprint density at radius 2 is 2.15 bits per heavy atom. The summed E-state index contributed by atoms with van der Waals surface area (Å²) in [5, 5.41) is 0. The number of nitrogens with two attached hydrogens (primary N) is 1. The number of benzene rings is 1. The van der Waals surface area contributed by atoms with E-state index in [2.05, 4.69) is 24.0 Å². The molecule has 0 spiro atoms. The molecular formula is C16H26N2O2. The Balaban J connectivity index is 2.21. The highest BCUT2D eigenvalue weighted by Crippen LogP contribution is 2.29. The zero-order valence-electron chi connectivity index (χ0n) is 12.7. The minimum Gasteiger partial charge on any atom is -0.497 e. The van der Waals surface area contributed by atoms with Gasteiger partial charge in [-0.2, -0.15) is 0 Å². The van der Waals surface area contributed by atoms with E-state index in [0.717, 1.165) is 31.7 Å². The fraction of sp³-hybridized carbons (Fsp3) is 0.625. The number of piperidine rings is 1. The van der Waals surface area contributed by atoms with Gasteiger partial charge in [-0.3, -0.25) is 4.90 Å². The van der Waals surface area contributed by atoms with Gasteiger partial charge in [-0.25, -0.2) is 0 Å². The highest BCUT2D eigenvalue weighted by atomic mass is 16.5. The number of likely N-dealkylation sites (tertiary alicyclic amines) is 1. The largest absolute Gasteiger partial charge is 0.497 e. The first-order chi connectivity index (χ1) is 9.65. The van der Waals surface area contributed by atoms with Crippen LogP contribution >= 0.6 is 0 Å². The smallest absolute Gasteiger partial charge is 0.119 e. The molecule has 112 valence electrons. The van der Waals surface area contributed by atoms with Crippen molar-refractivity contribution in [3.05, 3.63) is 29.8 Å². The number of rotatable bonds is 5. The standard InChI is InChI=1S/C16H26N2O2/c1-12(17)16(13-6-4-7-14(10-13)19-2)18-9-5-8-15(11-18)20-3/h4,6-7,10,12,15-16H,5,8-9,11,17H2,1-3H3. The number of hydrogen-bond donors (Lipinski definition) is 1. The second-order valence-corrected chi connectivity index (χ2v) is 5.58. The second-order valence-electron chi connectivity index (χ2n) is 5.58. The van der Waals surface area contributed by atoms with Crippen LogP contribution in [0.15, 0.2) is 24.3 Å². The predicted octanol–water partition coefficient (Wildman–Crippen LogP) is 2.19. The molecule has 0 radical (unpaired) electrons. The van der Waals surface area contributed by atoms with Crippen LogP contribution in [0.3, 0.4) is 0 Å². The van der Waals surface area contributed by atoms with Gasteiger partial charge in [0.15, 0.2) is 0 Å². The Kier molecular flexibility index (Phi) is 5.40. The molecule has 1 aromatic rings. The number of hydrogen-bond acceptors (Lipinski definition) is 4. The third-order valence-electron chi connectivity index (χ3n) is 4.07. The molecule has 1 saturated heterocycles. The van der Waals surface area contributed by atoms with E-state index >= 15 is 0 Å². The minimum atomic E-state index is 0.0673. The van der Waals surface area contributed by atoms with Crippen LogP contribution in [0.4, 0.5) is 0 Å². The van der Waals surface area contributed by atoms with Crippen LogP contribution < -0.4 is 10.5 Å². The molecule has 3 unspecified atom stereocenters. The van der Waals surface area contributed by atoms with Crippen LogP contribution in [0.1, 0.15) is 31.4 Å². The fourth-order valence-corrected chi connectivity index (χ4v) is 3.08. The SMILES string of the molecule is COc1cccc(C(C(C)N)N2CCCC(OC)C2)c1. The molecule has 0 amide bonds. The van der Waals surface area contributed by atoms with Crippen LogP contribution in [0.2, 0.25) is 0 Å². The van der Waals surface area contributed by atoms with Gasteiger partial charge in [-0.15, -0.1) is 0 Å². The Morgan fingerprint density at radius 3 is 2.80 bits per heavy atom. The van der Waals surface area contributed by atoms with Gasteiger partial charge in [-0.05, 0) is 44.0 Å². The average Bonchev–Trinajstić information content (AvgIpc) is 2.47. The van der Waals surface area contributed by atoms with Gasteiger partial charge in [-0.1, -0.05) is 12.1 Å². The lowest BCUT2D eigenvalue weighted by Gasteiger charge is -2.39. The molecule has 4 heteroatoms. The van der Waals surface area contributed by atoms with Crippen molar-refractivity contribution in [2.45, 2.75) is 38.0 Å². The summed E-state index contributed by atoms with van der Waals surface area (Å²) in [4.78, 5) is 2.44. The highest BCUT2D eigenvalue weighted by molar-refractivity contribution is 5.31. The van der Waals surface area contributed by atoms with Gasteiger partial charge in [0.2, 0.25) is 0 Å². The van der Waals surface area contributed by atoms with Crippen LogP contribution in [0.5, 0.6) is 5.75 Å². The van der Waals surface area contributed by atoms with Gasteiger partial charge in [0.25, 0.3) is 0 Å². The van der Waals surface area contributed by atoms with Crippen LogP contribution in [0.25, 0.3) is 0 Å². The molecule has 0 aromatic heterocycles. The van der Waals surface area contributed by atoms with Crippen molar-refractivity contribution in [3.63, 3.8) is 0 Å². The molecule has 2 rings (SSSR count). The van der Waals surface area contributed by atoms with Gasteiger partial charge in [0.05, 0.1) is 13.2 Å². The summed E-state index contributed by atoms with van der Waals surface area (Å²) in [6.07, 6.45) is 2.61. The van der Waals surface area contributed by atoms with Crippen LogP contribution in [-0.4, -0.2) is 44.4 Å². The van der Waals surface area contributed by atoms with E-state index in [1.807, 2.05) is 12.1 Å². The van der Waals surface area contributed by atoms with E-state index < -0.39 is 0 Å². The molecule has 1 aliphatic rings. The van der Waals surface area contributed by atoms with Crippen molar-refractivity contribution in [1.29, 1.82) is 0 Å². The van der Waals surface area contributed by atoms with Crippen molar-refractivity contribution in [1.82, 2.24) is 4.90 Å². The molecule has 1 aliphatic heterocycles. The summed E-state index contributed by atoms with van der Waals surface area (Å²) in [6, 6.07) is 8.50. The monoisotopic (exact) mass is 278 g/mol. The number of ether oxygens (including phenoxy) is 2. The van der Waals surface area contributed by atoms with E-state index in [0.29, 0.717) is 6.10 Å². The molecular weight excluding hydrogens is 252 g/mol. The Bertz CT molecular complexity index is 423. The lowest BCUT2D eigenvalue weighted by Crippen LogP contribution is -2.46. The molecule has 3 atom stereocenters. The zero-order valence-corrected chi connectivity index (χ0v) is 12.7. The quantitative estimate of drug-likeness (QED) is 0.897. The summed E-state index contributed by atoms with van der Waals surface area (Å²) < 4.78 is 10.9. The zero-order chi connectivity index (χ0) is 14.5. The third kappa shape index (κ3) is 3.51. The van der Waals surface area contributed by atoms with Gasteiger partial charge in [0.1, 0.15) is 5.75 Å². The molecule has 1 fully saturated rings. The minimum absolute atomic E-state index is 0.0673.